The fourth-order valence-corrected chi connectivity index (χ4v) is 5.46. The van der Waals surface area contributed by atoms with Gasteiger partial charge in [0.2, 0.25) is 0 Å². The lowest BCUT2D eigenvalue weighted by Gasteiger charge is -2.26. The van der Waals surface area contributed by atoms with E-state index in [1.54, 1.807) is 11.3 Å². The number of para-hydroxylation sites is 1. The van der Waals surface area contributed by atoms with Gasteiger partial charge in [0.05, 0.1) is 5.56 Å². The normalized spacial score (nSPS) is 19.5. The topological polar surface area (TPSA) is 56.9 Å². The Morgan fingerprint density at radius 3 is 2.88 bits per heavy atom. The Bertz CT molecular complexity index is 974. The van der Waals surface area contributed by atoms with Crippen LogP contribution >= 0.6 is 22.9 Å². The van der Waals surface area contributed by atoms with Crippen LogP contribution in [0, 0.1) is 0 Å². The van der Waals surface area contributed by atoms with Gasteiger partial charge >= 0.3 is 0 Å². The minimum atomic E-state index is -0.311. The quantitative estimate of drug-likeness (QED) is 0.595. The highest BCUT2D eigenvalue weighted by molar-refractivity contribution is 7.16. The molecular weight excluding hydrogens is 342 g/mol. The van der Waals surface area contributed by atoms with E-state index in [9.17, 15) is 4.79 Å². The second kappa shape index (κ2) is 5.26. The van der Waals surface area contributed by atoms with E-state index in [0.717, 1.165) is 39.9 Å². The maximum Gasteiger partial charge on any atom is 0.256 e. The first-order valence-electron chi connectivity index (χ1n) is 8.20. The summed E-state index contributed by atoms with van der Waals surface area (Å²) in [6.45, 7) is 0. The highest BCUT2D eigenvalue weighted by Gasteiger charge is 2.33. The number of rotatable bonds is 1. The average Bonchev–Trinajstić information content (AvgIpc) is 3.11. The van der Waals surface area contributed by atoms with Crippen LogP contribution in [0.15, 0.2) is 24.3 Å². The Balaban J connectivity index is 1.61. The van der Waals surface area contributed by atoms with Gasteiger partial charge in [-0.3, -0.25) is 4.79 Å². The lowest BCUT2D eigenvalue weighted by atomic mass is 9.94. The lowest BCUT2D eigenvalue weighted by molar-refractivity contribution is 0.0935. The zero-order chi connectivity index (χ0) is 16.3. The average molecular weight is 358 g/mol. The Hall–Kier alpha value is -1.98. The number of anilines is 1. The molecular formula is C18H16ClN3OS. The maximum absolute atomic E-state index is 12.8. The summed E-state index contributed by atoms with van der Waals surface area (Å²) in [5.41, 5.74) is 3.97. The van der Waals surface area contributed by atoms with Gasteiger partial charge in [-0.25, -0.2) is 0 Å². The molecule has 3 N–H and O–H groups in total. The van der Waals surface area contributed by atoms with Crippen LogP contribution in [0.3, 0.4) is 0 Å². The van der Waals surface area contributed by atoms with Gasteiger partial charge in [-0.15, -0.1) is 11.3 Å². The lowest BCUT2D eigenvalue weighted by Crippen LogP contribution is -2.38. The highest BCUT2D eigenvalue weighted by Crippen LogP contribution is 2.43. The molecule has 1 aliphatic heterocycles. The molecule has 0 radical (unpaired) electrons. The van der Waals surface area contributed by atoms with Crippen molar-refractivity contribution < 1.29 is 4.79 Å². The number of aryl methyl sites for hydroxylation is 1. The molecule has 24 heavy (non-hydrogen) atoms. The SMILES string of the molecule is O=C1N[C@@H](c2c(Cl)[nH]c3ccccc23)Nc2sc3c(c21)CCCC3. The van der Waals surface area contributed by atoms with Gasteiger partial charge in [0.1, 0.15) is 16.3 Å². The smallest absolute Gasteiger partial charge is 0.256 e. The Morgan fingerprint density at radius 2 is 1.96 bits per heavy atom. The zero-order valence-corrected chi connectivity index (χ0v) is 14.5. The second-order valence-corrected chi connectivity index (χ2v) is 7.85. The molecule has 1 amide bonds. The van der Waals surface area contributed by atoms with Gasteiger partial charge in [-0.2, -0.15) is 0 Å². The van der Waals surface area contributed by atoms with E-state index in [1.807, 2.05) is 24.3 Å². The number of amides is 1. The van der Waals surface area contributed by atoms with Crippen LogP contribution in [0.1, 0.15) is 45.4 Å². The molecule has 0 bridgehead atoms. The first-order chi connectivity index (χ1) is 11.7. The van der Waals surface area contributed by atoms with Crippen molar-refractivity contribution in [1.29, 1.82) is 0 Å². The minimum Gasteiger partial charge on any atom is -0.352 e. The molecule has 1 aliphatic carbocycles. The van der Waals surface area contributed by atoms with Crippen LogP contribution in [0.5, 0.6) is 0 Å². The molecule has 1 atom stereocenters. The van der Waals surface area contributed by atoms with Crippen molar-refractivity contribution in [2.45, 2.75) is 31.8 Å². The number of hydrogen-bond donors (Lipinski definition) is 3. The van der Waals surface area contributed by atoms with E-state index in [4.69, 9.17) is 11.6 Å². The first-order valence-corrected chi connectivity index (χ1v) is 9.40. The number of nitrogens with one attached hydrogen (secondary N) is 3. The summed E-state index contributed by atoms with van der Waals surface area (Å²) < 4.78 is 0. The van der Waals surface area contributed by atoms with Crippen molar-refractivity contribution in [3.8, 4) is 0 Å². The molecule has 4 nitrogen and oxygen atoms in total. The van der Waals surface area contributed by atoms with Crippen LogP contribution in [0.2, 0.25) is 5.15 Å². The molecule has 0 fully saturated rings. The predicted molar refractivity (Wildman–Crippen MR) is 98.1 cm³/mol. The number of halogens is 1. The molecule has 0 saturated heterocycles. The molecule has 2 aliphatic rings. The van der Waals surface area contributed by atoms with Gasteiger partial charge < -0.3 is 15.6 Å². The van der Waals surface area contributed by atoms with Crippen molar-refractivity contribution in [2.75, 3.05) is 5.32 Å². The van der Waals surface area contributed by atoms with Gasteiger partial charge in [0.15, 0.2) is 0 Å². The van der Waals surface area contributed by atoms with Crippen molar-refractivity contribution in [3.05, 3.63) is 51.0 Å². The Labute approximate surface area is 148 Å². The molecule has 2 aromatic heterocycles. The molecule has 3 aromatic rings. The van der Waals surface area contributed by atoms with E-state index < -0.39 is 0 Å². The second-order valence-electron chi connectivity index (χ2n) is 6.36. The van der Waals surface area contributed by atoms with Gasteiger partial charge in [0, 0.05) is 21.3 Å². The van der Waals surface area contributed by atoms with Gasteiger partial charge in [0.25, 0.3) is 5.91 Å². The van der Waals surface area contributed by atoms with E-state index in [1.165, 1.54) is 23.3 Å². The number of H-pyrrole nitrogens is 1. The number of carbonyl (C=O) groups is 1. The van der Waals surface area contributed by atoms with Crippen LogP contribution in [0.4, 0.5) is 5.00 Å². The van der Waals surface area contributed by atoms with Crippen LogP contribution < -0.4 is 10.6 Å². The Morgan fingerprint density at radius 1 is 1.12 bits per heavy atom. The number of fused-ring (bicyclic) bond motifs is 4. The third-order valence-electron chi connectivity index (χ3n) is 4.94. The summed E-state index contributed by atoms with van der Waals surface area (Å²) in [7, 11) is 0. The number of thiophene rings is 1. The maximum atomic E-state index is 12.8. The van der Waals surface area contributed by atoms with Crippen molar-refractivity contribution in [1.82, 2.24) is 10.3 Å². The molecule has 1 aromatic carbocycles. The van der Waals surface area contributed by atoms with Crippen molar-refractivity contribution in [3.63, 3.8) is 0 Å². The molecule has 0 saturated carbocycles. The van der Waals surface area contributed by atoms with Crippen molar-refractivity contribution >= 4 is 44.7 Å². The first kappa shape index (κ1) is 14.4. The third-order valence-corrected chi connectivity index (χ3v) is 6.46. The number of hydrogen-bond acceptors (Lipinski definition) is 3. The van der Waals surface area contributed by atoms with Crippen LogP contribution in [-0.2, 0) is 12.8 Å². The zero-order valence-electron chi connectivity index (χ0n) is 12.9. The number of aromatic amines is 1. The van der Waals surface area contributed by atoms with E-state index >= 15 is 0 Å². The number of benzene rings is 1. The Kier molecular flexibility index (Phi) is 3.15. The van der Waals surface area contributed by atoms with Gasteiger partial charge in [-0.05, 0) is 37.3 Å². The third kappa shape index (κ3) is 2.01. The minimum absolute atomic E-state index is 0.00879. The molecule has 6 heteroatoms. The summed E-state index contributed by atoms with van der Waals surface area (Å²) >= 11 is 8.16. The fourth-order valence-electron chi connectivity index (χ4n) is 3.84. The summed E-state index contributed by atoms with van der Waals surface area (Å²) in [5, 5.41) is 9.18. The van der Waals surface area contributed by atoms with Crippen LogP contribution in [-0.4, -0.2) is 10.9 Å². The molecule has 0 spiro atoms. The van der Waals surface area contributed by atoms with Crippen LogP contribution in [0.25, 0.3) is 10.9 Å². The fraction of sp³-hybridized carbons (Fsp3) is 0.278. The summed E-state index contributed by atoms with van der Waals surface area (Å²) in [5.74, 6) is 0.00879. The largest absolute Gasteiger partial charge is 0.352 e. The number of aromatic nitrogens is 1. The van der Waals surface area contributed by atoms with Crippen molar-refractivity contribution in [2.24, 2.45) is 0 Å². The van der Waals surface area contributed by atoms with E-state index in [2.05, 4.69) is 15.6 Å². The summed E-state index contributed by atoms with van der Waals surface area (Å²) in [6.07, 6.45) is 4.16. The molecule has 0 unspecified atom stereocenters. The summed E-state index contributed by atoms with van der Waals surface area (Å²) in [4.78, 5) is 17.3. The standard InChI is InChI=1S/C18H16ClN3OS/c19-15-13(9-5-1-3-7-11(9)20-15)16-21-17(23)14-10-6-2-4-8-12(10)24-18(14)22-16/h1,3,5,7,16,20,22H,2,4,6,8H2,(H,21,23)/t16-/m1/s1. The monoisotopic (exact) mass is 357 g/mol. The van der Waals surface area contributed by atoms with Gasteiger partial charge in [-0.1, -0.05) is 29.8 Å². The number of carbonyl (C=O) groups excluding carboxylic acids is 1. The predicted octanol–water partition coefficient (Wildman–Crippen LogP) is 4.62. The molecule has 122 valence electrons. The molecule has 5 rings (SSSR count). The highest BCUT2D eigenvalue weighted by atomic mass is 35.5. The van der Waals surface area contributed by atoms with E-state index in [-0.39, 0.29) is 12.1 Å². The van der Waals surface area contributed by atoms with E-state index in [0.29, 0.717) is 5.15 Å². The summed E-state index contributed by atoms with van der Waals surface area (Å²) in [6, 6.07) is 7.97. The molecule has 3 heterocycles.